The number of hydrogen-bond acceptors (Lipinski definition) is 4. The maximum absolute atomic E-state index is 12.8. The lowest BCUT2D eigenvalue weighted by molar-refractivity contribution is 0.0601. The van der Waals surface area contributed by atoms with Crippen LogP contribution in [0.15, 0.2) is 42.5 Å². The van der Waals surface area contributed by atoms with Gasteiger partial charge in [-0.25, -0.2) is 4.68 Å². The molecular weight excluding hydrogens is 342 g/mol. The zero-order valence-electron chi connectivity index (χ0n) is 15.2. The van der Waals surface area contributed by atoms with E-state index in [2.05, 4.69) is 5.10 Å². The molecule has 2 heterocycles. The molecule has 2 aromatic carbocycles. The molecule has 0 unspecified atom stereocenters. The second kappa shape index (κ2) is 6.46. The Balaban J connectivity index is 1.52. The van der Waals surface area contributed by atoms with E-state index in [9.17, 15) is 14.4 Å². The first-order valence-corrected chi connectivity index (χ1v) is 8.92. The zero-order chi connectivity index (χ0) is 19.1. The molecule has 0 N–H and O–H groups in total. The third kappa shape index (κ3) is 2.83. The highest BCUT2D eigenvalue weighted by Gasteiger charge is 2.32. The Morgan fingerprint density at radius 1 is 1.00 bits per heavy atom. The van der Waals surface area contributed by atoms with Gasteiger partial charge in [-0.05, 0) is 43.9 Å². The van der Waals surface area contributed by atoms with Crippen molar-refractivity contribution in [2.24, 2.45) is 0 Å². The number of aromatic nitrogens is 2. The summed E-state index contributed by atoms with van der Waals surface area (Å²) in [4.78, 5) is 39.2. The minimum absolute atomic E-state index is 0.139. The Morgan fingerprint density at radius 2 is 1.63 bits per heavy atom. The summed E-state index contributed by atoms with van der Waals surface area (Å²) in [6.45, 7) is 3.86. The van der Waals surface area contributed by atoms with E-state index in [4.69, 9.17) is 0 Å². The summed E-state index contributed by atoms with van der Waals surface area (Å²) in [7, 11) is 0. The van der Waals surface area contributed by atoms with Gasteiger partial charge in [0.1, 0.15) is 0 Å². The smallest absolute Gasteiger partial charge is 0.261 e. The molecule has 0 bridgehead atoms. The molecule has 0 atom stereocenters. The van der Waals surface area contributed by atoms with Crippen molar-refractivity contribution >= 4 is 28.5 Å². The maximum atomic E-state index is 12.8. The van der Waals surface area contributed by atoms with Crippen LogP contribution >= 0.6 is 0 Å². The molecule has 0 spiro atoms. The summed E-state index contributed by atoms with van der Waals surface area (Å²) in [5.41, 5.74) is 2.63. The van der Waals surface area contributed by atoms with Crippen molar-refractivity contribution in [1.29, 1.82) is 0 Å². The molecular formula is C21H19N3O3. The quantitative estimate of drug-likeness (QED) is 0.668. The van der Waals surface area contributed by atoms with Crippen LogP contribution in [0.25, 0.3) is 10.8 Å². The Bertz CT molecular complexity index is 1050. The fraction of sp³-hybridized carbons (Fsp3) is 0.238. The number of carbonyl (C=O) groups excluding carboxylic acids is 3. The van der Waals surface area contributed by atoms with Crippen LogP contribution in [0.1, 0.15) is 49.7 Å². The molecule has 27 heavy (non-hydrogen) atoms. The minimum Gasteiger partial charge on any atom is -0.274 e. The van der Waals surface area contributed by atoms with Crippen molar-refractivity contribution in [2.45, 2.75) is 26.7 Å². The highest BCUT2D eigenvalue weighted by Crippen LogP contribution is 2.30. The molecule has 3 aromatic rings. The van der Waals surface area contributed by atoms with E-state index in [1.807, 2.05) is 44.2 Å². The molecule has 1 aromatic heterocycles. The monoisotopic (exact) mass is 361 g/mol. The van der Waals surface area contributed by atoms with Gasteiger partial charge in [0.25, 0.3) is 11.8 Å². The molecule has 1 aliphatic heterocycles. The molecule has 4 rings (SSSR count). The van der Waals surface area contributed by atoms with Gasteiger partial charge in [0, 0.05) is 35.2 Å². The molecule has 0 fully saturated rings. The number of nitrogens with zero attached hydrogens (tertiary/aromatic N) is 3. The predicted molar refractivity (Wildman–Crippen MR) is 101 cm³/mol. The number of rotatable bonds is 4. The first-order chi connectivity index (χ1) is 13.0. The van der Waals surface area contributed by atoms with Crippen LogP contribution in [0.2, 0.25) is 0 Å². The van der Waals surface area contributed by atoms with Gasteiger partial charge in [-0.2, -0.15) is 5.10 Å². The van der Waals surface area contributed by atoms with Crippen LogP contribution in [0.5, 0.6) is 0 Å². The third-order valence-corrected chi connectivity index (χ3v) is 4.87. The largest absolute Gasteiger partial charge is 0.274 e. The standard InChI is InChI=1S/C21H19N3O3/c1-13-12-14(2)24(22-13)18(25)10-5-11-23-20(26)16-8-3-6-15-7-4-9-17(19(15)16)21(23)27/h3-4,6-9,12H,5,10-11H2,1-2H3. The van der Waals surface area contributed by atoms with Gasteiger partial charge < -0.3 is 0 Å². The van der Waals surface area contributed by atoms with Crippen molar-refractivity contribution in [3.05, 3.63) is 65.0 Å². The average molecular weight is 361 g/mol. The summed E-state index contributed by atoms with van der Waals surface area (Å²) in [5, 5.41) is 5.77. The molecule has 136 valence electrons. The summed E-state index contributed by atoms with van der Waals surface area (Å²) in [6.07, 6.45) is 0.609. The number of hydrogen-bond donors (Lipinski definition) is 0. The van der Waals surface area contributed by atoms with Crippen molar-refractivity contribution in [2.75, 3.05) is 6.54 Å². The normalized spacial score (nSPS) is 13.5. The van der Waals surface area contributed by atoms with E-state index < -0.39 is 0 Å². The average Bonchev–Trinajstić information content (AvgIpc) is 3.00. The van der Waals surface area contributed by atoms with Gasteiger partial charge in [-0.1, -0.05) is 24.3 Å². The maximum Gasteiger partial charge on any atom is 0.261 e. The summed E-state index contributed by atoms with van der Waals surface area (Å²) in [5.74, 6) is -0.745. The van der Waals surface area contributed by atoms with Gasteiger partial charge in [0.15, 0.2) is 0 Å². The van der Waals surface area contributed by atoms with E-state index in [0.29, 0.717) is 22.9 Å². The van der Waals surface area contributed by atoms with E-state index in [0.717, 1.165) is 16.8 Å². The highest BCUT2D eigenvalue weighted by atomic mass is 16.2. The molecule has 2 amide bonds. The van der Waals surface area contributed by atoms with E-state index in [-0.39, 0.29) is 30.7 Å². The summed E-state index contributed by atoms with van der Waals surface area (Å²) >= 11 is 0. The molecule has 0 radical (unpaired) electrons. The van der Waals surface area contributed by atoms with E-state index in [1.54, 1.807) is 12.1 Å². The van der Waals surface area contributed by atoms with E-state index in [1.165, 1.54) is 9.58 Å². The fourth-order valence-corrected chi connectivity index (χ4v) is 3.66. The predicted octanol–water partition coefficient (Wildman–Crippen LogP) is 3.37. The third-order valence-electron chi connectivity index (χ3n) is 4.87. The van der Waals surface area contributed by atoms with Gasteiger partial charge >= 0.3 is 0 Å². The zero-order valence-corrected chi connectivity index (χ0v) is 15.2. The van der Waals surface area contributed by atoms with Crippen LogP contribution in [0, 0.1) is 13.8 Å². The second-order valence-corrected chi connectivity index (χ2v) is 6.81. The van der Waals surface area contributed by atoms with Crippen molar-refractivity contribution < 1.29 is 14.4 Å². The van der Waals surface area contributed by atoms with Crippen LogP contribution < -0.4 is 0 Å². The van der Waals surface area contributed by atoms with Crippen LogP contribution in [-0.4, -0.2) is 38.9 Å². The topological polar surface area (TPSA) is 72.3 Å². The number of benzene rings is 2. The van der Waals surface area contributed by atoms with Crippen LogP contribution in [0.4, 0.5) is 0 Å². The van der Waals surface area contributed by atoms with Gasteiger partial charge in [0.2, 0.25) is 5.91 Å². The molecule has 0 aliphatic carbocycles. The Hall–Kier alpha value is -3.28. The summed E-state index contributed by atoms with van der Waals surface area (Å²) in [6, 6.07) is 12.8. The lowest BCUT2D eigenvalue weighted by atomic mass is 9.94. The van der Waals surface area contributed by atoms with Gasteiger partial charge in [0.05, 0.1) is 5.69 Å². The Labute approximate surface area is 156 Å². The fourth-order valence-electron chi connectivity index (χ4n) is 3.66. The molecule has 0 saturated carbocycles. The van der Waals surface area contributed by atoms with Crippen molar-refractivity contribution in [3.8, 4) is 0 Å². The molecule has 6 nitrogen and oxygen atoms in total. The van der Waals surface area contributed by atoms with Crippen LogP contribution in [-0.2, 0) is 0 Å². The SMILES string of the molecule is Cc1cc(C)n(C(=O)CCCN2C(=O)c3cccc4cccc(c34)C2=O)n1. The molecule has 1 aliphatic rings. The number of amides is 2. The number of aryl methyl sites for hydroxylation is 2. The Morgan fingerprint density at radius 3 is 2.19 bits per heavy atom. The lowest BCUT2D eigenvalue weighted by Gasteiger charge is -2.27. The lowest BCUT2D eigenvalue weighted by Crippen LogP contribution is -2.41. The van der Waals surface area contributed by atoms with Gasteiger partial charge in [-0.3, -0.25) is 19.3 Å². The highest BCUT2D eigenvalue weighted by molar-refractivity contribution is 6.25. The van der Waals surface area contributed by atoms with Gasteiger partial charge in [-0.15, -0.1) is 0 Å². The first kappa shape index (κ1) is 17.1. The first-order valence-electron chi connectivity index (χ1n) is 8.92. The second-order valence-electron chi connectivity index (χ2n) is 6.81. The minimum atomic E-state index is -0.303. The number of imide groups is 1. The van der Waals surface area contributed by atoms with Crippen molar-refractivity contribution in [1.82, 2.24) is 14.7 Å². The van der Waals surface area contributed by atoms with Crippen molar-refractivity contribution in [3.63, 3.8) is 0 Å². The summed E-state index contributed by atoms with van der Waals surface area (Å²) < 4.78 is 1.38. The number of carbonyl (C=O) groups is 3. The Kier molecular flexibility index (Phi) is 4.11. The molecule has 6 heteroatoms. The van der Waals surface area contributed by atoms with E-state index >= 15 is 0 Å². The van der Waals surface area contributed by atoms with Crippen LogP contribution in [0.3, 0.4) is 0 Å². The molecule has 0 saturated heterocycles.